The summed E-state index contributed by atoms with van der Waals surface area (Å²) < 4.78 is 48.9. The maximum atomic E-state index is 12.6. The molecule has 3 nitrogen and oxygen atoms in total. The Kier molecular flexibility index (Phi) is 4.61. The predicted octanol–water partition coefficient (Wildman–Crippen LogP) is 2.47. The molecule has 0 aromatic heterocycles. The number of benzene rings is 1. The Hall–Kier alpha value is -1.24. The third-order valence-corrected chi connectivity index (χ3v) is 3.82. The Labute approximate surface area is 106 Å². The van der Waals surface area contributed by atoms with E-state index in [4.69, 9.17) is 5.73 Å². The quantitative estimate of drug-likeness (QED) is 0.833. The molecule has 102 valence electrons. The van der Waals surface area contributed by atoms with E-state index in [0.717, 1.165) is 6.07 Å². The molecule has 0 aliphatic carbocycles. The summed E-state index contributed by atoms with van der Waals surface area (Å²) in [5.41, 5.74) is 4.43. The number of nitrogen functional groups attached to an aromatic ring is 1. The maximum Gasteiger partial charge on any atom is 0.418 e. The number of rotatable bonds is 4. The number of alkyl halides is 3. The minimum atomic E-state index is -4.47. The Morgan fingerprint density at radius 1 is 1.44 bits per heavy atom. The second kappa shape index (κ2) is 5.60. The van der Waals surface area contributed by atoms with Gasteiger partial charge in [-0.3, -0.25) is 4.21 Å². The molecule has 18 heavy (non-hydrogen) atoms. The highest BCUT2D eigenvalue weighted by atomic mass is 32.2. The first-order valence-electron chi connectivity index (χ1n) is 5.24. The molecule has 7 heteroatoms. The fraction of sp³-hybridized carbons (Fsp3) is 0.455. The van der Waals surface area contributed by atoms with E-state index in [1.165, 1.54) is 12.1 Å². The van der Waals surface area contributed by atoms with Gasteiger partial charge in [0.1, 0.15) is 0 Å². The second-order valence-corrected chi connectivity index (χ2v) is 5.79. The van der Waals surface area contributed by atoms with E-state index in [2.05, 4.69) is 5.32 Å². The number of halogens is 3. The lowest BCUT2D eigenvalue weighted by Crippen LogP contribution is -2.21. The summed E-state index contributed by atoms with van der Waals surface area (Å²) in [6, 6.07) is 3.63. The first kappa shape index (κ1) is 14.8. The SMILES string of the molecule is CC(CNc1ccc(N)c(C(F)(F)F)c1)S(C)=O. The molecule has 2 atom stereocenters. The van der Waals surface area contributed by atoms with Gasteiger partial charge < -0.3 is 11.1 Å². The van der Waals surface area contributed by atoms with Gasteiger partial charge in [0.2, 0.25) is 0 Å². The zero-order chi connectivity index (χ0) is 13.9. The largest absolute Gasteiger partial charge is 0.418 e. The molecular formula is C11H15F3N2OS. The third-order valence-electron chi connectivity index (χ3n) is 2.52. The van der Waals surface area contributed by atoms with Gasteiger partial charge in [0, 0.05) is 40.2 Å². The molecular weight excluding hydrogens is 265 g/mol. The molecule has 0 bridgehead atoms. The zero-order valence-electron chi connectivity index (χ0n) is 10.0. The van der Waals surface area contributed by atoms with Crippen LogP contribution in [0, 0.1) is 0 Å². The Morgan fingerprint density at radius 3 is 2.56 bits per heavy atom. The van der Waals surface area contributed by atoms with E-state index in [0.29, 0.717) is 12.2 Å². The van der Waals surface area contributed by atoms with Crippen molar-refractivity contribution in [2.45, 2.75) is 18.3 Å². The predicted molar refractivity (Wildman–Crippen MR) is 67.9 cm³/mol. The molecule has 0 heterocycles. The van der Waals surface area contributed by atoms with Crippen LogP contribution in [0.4, 0.5) is 24.5 Å². The van der Waals surface area contributed by atoms with Crippen molar-refractivity contribution in [2.24, 2.45) is 0 Å². The molecule has 0 amide bonds. The number of hydrogen-bond donors (Lipinski definition) is 2. The molecule has 1 aromatic carbocycles. The third kappa shape index (κ3) is 3.90. The van der Waals surface area contributed by atoms with Crippen molar-refractivity contribution in [2.75, 3.05) is 23.9 Å². The van der Waals surface area contributed by atoms with Gasteiger partial charge in [-0.2, -0.15) is 13.2 Å². The molecule has 0 saturated heterocycles. The van der Waals surface area contributed by atoms with E-state index in [-0.39, 0.29) is 10.9 Å². The van der Waals surface area contributed by atoms with Crippen molar-refractivity contribution in [1.29, 1.82) is 0 Å². The van der Waals surface area contributed by atoms with Gasteiger partial charge in [0.05, 0.1) is 5.56 Å². The van der Waals surface area contributed by atoms with Crippen molar-refractivity contribution >= 4 is 22.2 Å². The molecule has 3 N–H and O–H groups in total. The summed E-state index contributed by atoms with van der Waals surface area (Å²) in [6.07, 6.45) is -2.92. The minimum absolute atomic E-state index is 0.142. The Bertz CT molecular complexity index is 448. The Morgan fingerprint density at radius 2 is 2.06 bits per heavy atom. The molecule has 1 aromatic rings. The Balaban J connectivity index is 2.83. The lowest BCUT2D eigenvalue weighted by atomic mass is 10.1. The van der Waals surface area contributed by atoms with Gasteiger partial charge in [-0.15, -0.1) is 0 Å². The van der Waals surface area contributed by atoms with Crippen molar-refractivity contribution in [3.63, 3.8) is 0 Å². The van der Waals surface area contributed by atoms with Crippen LogP contribution in [0.3, 0.4) is 0 Å². The van der Waals surface area contributed by atoms with E-state index in [9.17, 15) is 17.4 Å². The summed E-state index contributed by atoms with van der Waals surface area (Å²) in [5.74, 6) is 0. The molecule has 0 radical (unpaired) electrons. The first-order chi connectivity index (χ1) is 8.21. The highest BCUT2D eigenvalue weighted by molar-refractivity contribution is 7.84. The number of hydrogen-bond acceptors (Lipinski definition) is 3. The van der Waals surface area contributed by atoms with Crippen LogP contribution >= 0.6 is 0 Å². The molecule has 1 rings (SSSR count). The number of anilines is 2. The van der Waals surface area contributed by atoms with Crippen molar-refractivity contribution < 1.29 is 17.4 Å². The molecule has 2 unspecified atom stereocenters. The van der Waals surface area contributed by atoms with Crippen LogP contribution in [0.5, 0.6) is 0 Å². The summed E-state index contributed by atoms with van der Waals surface area (Å²) in [7, 11) is -1.02. The topological polar surface area (TPSA) is 55.1 Å². The first-order valence-corrected chi connectivity index (χ1v) is 6.86. The average Bonchev–Trinajstić information content (AvgIpc) is 2.25. The van der Waals surface area contributed by atoms with Crippen LogP contribution in [0.2, 0.25) is 0 Å². The minimum Gasteiger partial charge on any atom is -0.398 e. The van der Waals surface area contributed by atoms with Crippen LogP contribution in [-0.2, 0) is 17.0 Å². The van der Waals surface area contributed by atoms with Crippen molar-refractivity contribution in [1.82, 2.24) is 0 Å². The highest BCUT2D eigenvalue weighted by Crippen LogP contribution is 2.35. The van der Waals surface area contributed by atoms with Crippen LogP contribution in [0.25, 0.3) is 0 Å². The normalized spacial score (nSPS) is 15.2. The summed E-state index contributed by atoms with van der Waals surface area (Å²) in [5, 5.41) is 2.68. The smallest absolute Gasteiger partial charge is 0.398 e. The lowest BCUT2D eigenvalue weighted by molar-refractivity contribution is -0.136. The molecule has 0 aliphatic rings. The van der Waals surface area contributed by atoms with E-state index < -0.39 is 22.5 Å². The highest BCUT2D eigenvalue weighted by Gasteiger charge is 2.33. The monoisotopic (exact) mass is 280 g/mol. The molecule has 0 saturated carbocycles. The van der Waals surface area contributed by atoms with Gasteiger partial charge in [-0.25, -0.2) is 0 Å². The summed E-state index contributed by atoms with van der Waals surface area (Å²) in [6.45, 7) is 2.09. The number of nitrogens with two attached hydrogens (primary N) is 1. The van der Waals surface area contributed by atoms with Gasteiger partial charge in [-0.1, -0.05) is 0 Å². The van der Waals surface area contributed by atoms with Gasteiger partial charge >= 0.3 is 6.18 Å². The van der Waals surface area contributed by atoms with E-state index >= 15 is 0 Å². The molecule has 0 spiro atoms. The summed E-state index contributed by atoms with van der Waals surface area (Å²) >= 11 is 0. The van der Waals surface area contributed by atoms with Crippen LogP contribution in [0.1, 0.15) is 12.5 Å². The molecule has 0 aliphatic heterocycles. The van der Waals surface area contributed by atoms with Gasteiger partial charge in [0.15, 0.2) is 0 Å². The van der Waals surface area contributed by atoms with Crippen LogP contribution in [0.15, 0.2) is 18.2 Å². The van der Waals surface area contributed by atoms with Gasteiger partial charge in [-0.05, 0) is 25.1 Å². The average molecular weight is 280 g/mol. The standard InChI is InChI=1S/C11H15F3N2OS/c1-7(18(2)17)6-16-8-3-4-10(15)9(5-8)11(12,13)14/h3-5,7,16H,6,15H2,1-2H3. The van der Waals surface area contributed by atoms with Crippen molar-refractivity contribution in [3.8, 4) is 0 Å². The second-order valence-electron chi connectivity index (χ2n) is 3.99. The van der Waals surface area contributed by atoms with Crippen LogP contribution in [-0.4, -0.2) is 22.3 Å². The maximum absolute atomic E-state index is 12.6. The number of nitrogens with one attached hydrogen (secondary N) is 1. The summed E-state index contributed by atoms with van der Waals surface area (Å²) in [4.78, 5) is 0. The van der Waals surface area contributed by atoms with Gasteiger partial charge in [0.25, 0.3) is 0 Å². The van der Waals surface area contributed by atoms with E-state index in [1.54, 1.807) is 13.2 Å². The van der Waals surface area contributed by atoms with E-state index in [1.807, 2.05) is 0 Å². The fourth-order valence-electron chi connectivity index (χ4n) is 1.29. The molecule has 0 fully saturated rings. The van der Waals surface area contributed by atoms with Crippen LogP contribution < -0.4 is 11.1 Å². The lowest BCUT2D eigenvalue weighted by Gasteiger charge is -2.14. The fourth-order valence-corrected chi connectivity index (χ4v) is 1.61. The van der Waals surface area contributed by atoms with Crippen molar-refractivity contribution in [3.05, 3.63) is 23.8 Å². The zero-order valence-corrected chi connectivity index (χ0v) is 10.9.